The molecule has 0 radical (unpaired) electrons. The quantitative estimate of drug-likeness (QED) is 0.798. The standard InChI is InChI=1S/C14H18N4O2S/c1-3-15-11(7-21-14-16-9(2)17-18-14)10-4-5-12-13(6-10)20-8-19-12/h4-6,11,15H,3,7-8H2,1-2H3,(H,16,17,18). The molecule has 2 heterocycles. The molecule has 0 spiro atoms. The Labute approximate surface area is 127 Å². The molecule has 0 saturated heterocycles. The van der Waals surface area contributed by atoms with Gasteiger partial charge in [-0.3, -0.25) is 5.10 Å². The van der Waals surface area contributed by atoms with E-state index in [2.05, 4.69) is 33.5 Å². The fraction of sp³-hybridized carbons (Fsp3) is 0.429. The van der Waals surface area contributed by atoms with Crippen LogP contribution < -0.4 is 14.8 Å². The minimum absolute atomic E-state index is 0.216. The Bertz CT molecular complexity index is 617. The molecule has 2 aromatic rings. The molecular weight excluding hydrogens is 288 g/mol. The molecule has 0 saturated carbocycles. The van der Waals surface area contributed by atoms with E-state index in [1.54, 1.807) is 11.8 Å². The van der Waals surface area contributed by atoms with Crippen molar-refractivity contribution in [2.45, 2.75) is 25.0 Å². The average molecular weight is 306 g/mol. The van der Waals surface area contributed by atoms with Crippen LogP contribution in [0.1, 0.15) is 24.4 Å². The Morgan fingerprint density at radius 3 is 3.00 bits per heavy atom. The number of aromatic nitrogens is 3. The van der Waals surface area contributed by atoms with Gasteiger partial charge in [0.15, 0.2) is 11.5 Å². The number of fused-ring (bicyclic) bond motifs is 1. The second kappa shape index (κ2) is 6.36. The third kappa shape index (κ3) is 3.30. The van der Waals surface area contributed by atoms with Crippen molar-refractivity contribution in [2.24, 2.45) is 0 Å². The highest BCUT2D eigenvalue weighted by Gasteiger charge is 2.18. The summed E-state index contributed by atoms with van der Waals surface area (Å²) in [5.74, 6) is 3.31. The number of nitrogens with one attached hydrogen (secondary N) is 2. The van der Waals surface area contributed by atoms with Crippen LogP contribution in [0.2, 0.25) is 0 Å². The first-order valence-corrected chi connectivity index (χ1v) is 7.89. The van der Waals surface area contributed by atoms with E-state index in [9.17, 15) is 0 Å². The minimum atomic E-state index is 0.216. The second-order valence-electron chi connectivity index (χ2n) is 4.74. The van der Waals surface area contributed by atoms with Crippen LogP contribution in [0.25, 0.3) is 0 Å². The number of aryl methyl sites for hydroxylation is 1. The van der Waals surface area contributed by atoms with Crippen molar-refractivity contribution in [3.8, 4) is 11.5 Å². The second-order valence-corrected chi connectivity index (χ2v) is 5.72. The topological polar surface area (TPSA) is 72.1 Å². The van der Waals surface area contributed by atoms with Gasteiger partial charge in [0.1, 0.15) is 5.82 Å². The van der Waals surface area contributed by atoms with Gasteiger partial charge in [-0.1, -0.05) is 24.8 Å². The maximum absolute atomic E-state index is 5.45. The van der Waals surface area contributed by atoms with Crippen LogP contribution in [-0.4, -0.2) is 34.3 Å². The molecule has 112 valence electrons. The number of thioether (sulfide) groups is 1. The molecule has 1 aliphatic rings. The molecule has 1 aromatic carbocycles. The monoisotopic (exact) mass is 306 g/mol. The molecular formula is C14H18N4O2S. The number of H-pyrrole nitrogens is 1. The number of rotatable bonds is 6. The number of ether oxygens (including phenoxy) is 2. The van der Waals surface area contributed by atoms with Gasteiger partial charge in [0.2, 0.25) is 11.9 Å². The summed E-state index contributed by atoms with van der Waals surface area (Å²) in [7, 11) is 0. The fourth-order valence-corrected chi connectivity index (χ4v) is 3.13. The minimum Gasteiger partial charge on any atom is -0.454 e. The van der Waals surface area contributed by atoms with Crippen LogP contribution in [-0.2, 0) is 0 Å². The first-order valence-electron chi connectivity index (χ1n) is 6.91. The van der Waals surface area contributed by atoms with Crippen LogP contribution in [0.5, 0.6) is 11.5 Å². The summed E-state index contributed by atoms with van der Waals surface area (Å²) < 4.78 is 10.8. The number of benzene rings is 1. The number of nitrogens with zero attached hydrogens (tertiary/aromatic N) is 2. The maximum atomic E-state index is 5.45. The van der Waals surface area contributed by atoms with Gasteiger partial charge in [-0.15, -0.1) is 5.10 Å². The molecule has 1 aromatic heterocycles. The molecule has 3 rings (SSSR count). The van der Waals surface area contributed by atoms with E-state index < -0.39 is 0 Å². The van der Waals surface area contributed by atoms with Crippen molar-refractivity contribution in [3.63, 3.8) is 0 Å². The van der Waals surface area contributed by atoms with Crippen LogP contribution in [0.15, 0.2) is 23.4 Å². The highest BCUT2D eigenvalue weighted by molar-refractivity contribution is 7.99. The molecule has 1 aliphatic heterocycles. The molecule has 2 N–H and O–H groups in total. The summed E-state index contributed by atoms with van der Waals surface area (Å²) in [6, 6.07) is 6.29. The lowest BCUT2D eigenvalue weighted by atomic mass is 10.1. The molecule has 0 fully saturated rings. The molecule has 1 atom stereocenters. The summed E-state index contributed by atoms with van der Waals surface area (Å²) in [5, 5.41) is 11.3. The van der Waals surface area contributed by atoms with Gasteiger partial charge in [0.05, 0.1) is 0 Å². The Hall–Kier alpha value is -1.73. The predicted octanol–water partition coefficient (Wildman–Crippen LogP) is 2.28. The highest BCUT2D eigenvalue weighted by Crippen LogP contribution is 2.35. The van der Waals surface area contributed by atoms with Crippen molar-refractivity contribution in [1.29, 1.82) is 0 Å². The first-order chi connectivity index (χ1) is 10.3. The smallest absolute Gasteiger partial charge is 0.231 e. The normalized spacial score (nSPS) is 14.4. The molecule has 7 heteroatoms. The van der Waals surface area contributed by atoms with Gasteiger partial charge < -0.3 is 14.8 Å². The zero-order valence-electron chi connectivity index (χ0n) is 12.0. The van der Waals surface area contributed by atoms with Gasteiger partial charge >= 0.3 is 0 Å². The summed E-state index contributed by atoms with van der Waals surface area (Å²) >= 11 is 1.63. The number of aromatic amines is 1. The molecule has 21 heavy (non-hydrogen) atoms. The van der Waals surface area contributed by atoms with Gasteiger partial charge in [0.25, 0.3) is 0 Å². The summed E-state index contributed by atoms with van der Waals surface area (Å²) in [6.45, 7) is 5.20. The zero-order chi connectivity index (χ0) is 14.7. The zero-order valence-corrected chi connectivity index (χ0v) is 12.9. The third-order valence-corrected chi connectivity index (χ3v) is 4.15. The molecule has 1 unspecified atom stereocenters. The fourth-order valence-electron chi connectivity index (χ4n) is 2.19. The Morgan fingerprint density at radius 2 is 2.24 bits per heavy atom. The molecule has 0 bridgehead atoms. The van der Waals surface area contributed by atoms with Crippen molar-refractivity contribution < 1.29 is 9.47 Å². The van der Waals surface area contributed by atoms with Gasteiger partial charge in [0, 0.05) is 11.8 Å². The van der Waals surface area contributed by atoms with E-state index in [-0.39, 0.29) is 6.04 Å². The number of hydrogen-bond acceptors (Lipinski definition) is 6. The van der Waals surface area contributed by atoms with Crippen LogP contribution in [0, 0.1) is 6.92 Å². The van der Waals surface area contributed by atoms with Crippen molar-refractivity contribution in [2.75, 3.05) is 19.1 Å². The summed E-state index contributed by atoms with van der Waals surface area (Å²) in [6.07, 6.45) is 0. The van der Waals surface area contributed by atoms with E-state index in [1.165, 1.54) is 5.56 Å². The van der Waals surface area contributed by atoms with E-state index in [0.717, 1.165) is 34.8 Å². The van der Waals surface area contributed by atoms with E-state index in [1.807, 2.05) is 19.1 Å². The average Bonchev–Trinajstić information content (AvgIpc) is 3.11. The van der Waals surface area contributed by atoms with Crippen molar-refractivity contribution in [1.82, 2.24) is 20.5 Å². The van der Waals surface area contributed by atoms with Gasteiger partial charge in [-0.2, -0.15) is 0 Å². The Kier molecular flexibility index (Phi) is 4.31. The lowest BCUT2D eigenvalue weighted by molar-refractivity contribution is 0.174. The van der Waals surface area contributed by atoms with Crippen molar-refractivity contribution >= 4 is 11.8 Å². The van der Waals surface area contributed by atoms with Crippen molar-refractivity contribution in [3.05, 3.63) is 29.6 Å². The van der Waals surface area contributed by atoms with Crippen LogP contribution >= 0.6 is 11.8 Å². The largest absolute Gasteiger partial charge is 0.454 e. The van der Waals surface area contributed by atoms with E-state index in [0.29, 0.717) is 6.79 Å². The lowest BCUT2D eigenvalue weighted by Crippen LogP contribution is -2.23. The summed E-state index contributed by atoms with van der Waals surface area (Å²) in [4.78, 5) is 4.32. The van der Waals surface area contributed by atoms with E-state index in [4.69, 9.17) is 9.47 Å². The maximum Gasteiger partial charge on any atom is 0.231 e. The van der Waals surface area contributed by atoms with Crippen LogP contribution in [0.3, 0.4) is 0 Å². The molecule has 6 nitrogen and oxygen atoms in total. The molecule has 0 amide bonds. The molecule has 0 aliphatic carbocycles. The van der Waals surface area contributed by atoms with Gasteiger partial charge in [-0.05, 0) is 31.2 Å². The Morgan fingerprint density at radius 1 is 1.38 bits per heavy atom. The predicted molar refractivity (Wildman–Crippen MR) is 80.8 cm³/mol. The van der Waals surface area contributed by atoms with Gasteiger partial charge in [-0.25, -0.2) is 4.98 Å². The first kappa shape index (κ1) is 14.2. The summed E-state index contributed by atoms with van der Waals surface area (Å²) in [5.41, 5.74) is 1.18. The van der Waals surface area contributed by atoms with E-state index >= 15 is 0 Å². The van der Waals surface area contributed by atoms with Crippen LogP contribution in [0.4, 0.5) is 0 Å². The third-order valence-electron chi connectivity index (χ3n) is 3.21. The number of hydrogen-bond donors (Lipinski definition) is 2. The Balaban J connectivity index is 1.71. The SMILES string of the molecule is CCNC(CSc1n[nH]c(C)n1)c1ccc2c(c1)OCO2. The lowest BCUT2D eigenvalue weighted by Gasteiger charge is -2.17. The highest BCUT2D eigenvalue weighted by atomic mass is 32.2.